The molecular formula is C12H16N4O. The molecule has 0 N–H and O–H groups in total. The Morgan fingerprint density at radius 2 is 2.29 bits per heavy atom. The Kier molecular flexibility index (Phi) is 2.59. The van der Waals surface area contributed by atoms with Gasteiger partial charge in [-0.2, -0.15) is 5.10 Å². The van der Waals surface area contributed by atoms with Crippen LogP contribution in [0.4, 0.5) is 0 Å². The zero-order valence-corrected chi connectivity index (χ0v) is 9.91. The van der Waals surface area contributed by atoms with Crippen molar-refractivity contribution in [3.63, 3.8) is 0 Å². The van der Waals surface area contributed by atoms with Gasteiger partial charge in [-0.3, -0.25) is 4.68 Å². The third-order valence-corrected chi connectivity index (χ3v) is 3.01. The second kappa shape index (κ2) is 4.24. The Labute approximate surface area is 100 Å². The van der Waals surface area contributed by atoms with Gasteiger partial charge in [-0.1, -0.05) is 0 Å². The van der Waals surface area contributed by atoms with Gasteiger partial charge in [0.2, 0.25) is 0 Å². The van der Waals surface area contributed by atoms with E-state index in [1.165, 1.54) is 12.8 Å². The number of ether oxygens (including phenoxy) is 1. The van der Waals surface area contributed by atoms with Gasteiger partial charge in [0.05, 0.1) is 30.6 Å². The van der Waals surface area contributed by atoms with Gasteiger partial charge in [-0.05, 0) is 19.8 Å². The van der Waals surface area contributed by atoms with E-state index in [0.29, 0.717) is 12.6 Å². The molecular weight excluding hydrogens is 216 g/mol. The topological polar surface area (TPSA) is 44.9 Å². The molecule has 2 aromatic rings. The molecule has 0 aromatic carbocycles. The van der Waals surface area contributed by atoms with Crippen LogP contribution in [0.1, 0.15) is 31.5 Å². The van der Waals surface area contributed by atoms with Gasteiger partial charge in [0, 0.05) is 12.6 Å². The highest BCUT2D eigenvalue weighted by Gasteiger charge is 2.25. The zero-order valence-electron chi connectivity index (χ0n) is 9.91. The third-order valence-electron chi connectivity index (χ3n) is 3.01. The van der Waals surface area contributed by atoms with Crippen LogP contribution in [0.2, 0.25) is 0 Å². The Morgan fingerprint density at radius 1 is 1.41 bits per heavy atom. The fourth-order valence-electron chi connectivity index (χ4n) is 1.87. The van der Waals surface area contributed by atoms with Gasteiger partial charge in [0.15, 0.2) is 5.75 Å². The molecule has 0 atom stereocenters. The van der Waals surface area contributed by atoms with Crippen molar-refractivity contribution in [2.45, 2.75) is 39.0 Å². The molecule has 5 heteroatoms. The normalized spacial score (nSPS) is 15.1. The fourth-order valence-corrected chi connectivity index (χ4v) is 1.87. The first-order chi connectivity index (χ1) is 8.36. The molecule has 0 aliphatic heterocycles. The monoisotopic (exact) mass is 232 g/mol. The van der Waals surface area contributed by atoms with Crippen molar-refractivity contribution in [3.05, 3.63) is 30.6 Å². The number of aromatic nitrogens is 4. The molecule has 1 saturated carbocycles. The van der Waals surface area contributed by atoms with Crippen LogP contribution < -0.4 is 4.74 Å². The number of hydrogen-bond donors (Lipinski definition) is 0. The van der Waals surface area contributed by atoms with Gasteiger partial charge in [0.25, 0.3) is 0 Å². The summed E-state index contributed by atoms with van der Waals surface area (Å²) < 4.78 is 9.77. The summed E-state index contributed by atoms with van der Waals surface area (Å²) >= 11 is 0. The van der Waals surface area contributed by atoms with Gasteiger partial charge < -0.3 is 9.30 Å². The summed E-state index contributed by atoms with van der Waals surface area (Å²) in [7, 11) is 0. The molecule has 1 fully saturated rings. The standard InChI is InChI=1S/C12H16N4O/c1-2-15-7-12(6-14-15)17-8-11-5-13-9-16(11)10-3-4-10/h5-7,9-10H,2-4,8H2,1H3. The predicted molar refractivity (Wildman–Crippen MR) is 62.7 cm³/mol. The van der Waals surface area contributed by atoms with Crippen molar-refractivity contribution in [2.24, 2.45) is 0 Å². The minimum Gasteiger partial charge on any atom is -0.484 e. The first-order valence-corrected chi connectivity index (χ1v) is 6.03. The number of rotatable bonds is 5. The molecule has 17 heavy (non-hydrogen) atoms. The minimum absolute atomic E-state index is 0.561. The van der Waals surface area contributed by atoms with Crippen LogP contribution in [0.25, 0.3) is 0 Å². The van der Waals surface area contributed by atoms with Crippen LogP contribution in [0.5, 0.6) is 5.75 Å². The van der Waals surface area contributed by atoms with Crippen LogP contribution in [0.15, 0.2) is 24.9 Å². The fraction of sp³-hybridized carbons (Fsp3) is 0.500. The van der Waals surface area contributed by atoms with Gasteiger partial charge in [-0.25, -0.2) is 4.98 Å². The van der Waals surface area contributed by atoms with Crippen LogP contribution >= 0.6 is 0 Å². The number of nitrogens with zero attached hydrogens (tertiary/aromatic N) is 4. The van der Waals surface area contributed by atoms with E-state index < -0.39 is 0 Å². The van der Waals surface area contributed by atoms with Gasteiger partial charge >= 0.3 is 0 Å². The van der Waals surface area contributed by atoms with E-state index in [0.717, 1.165) is 18.0 Å². The molecule has 0 saturated heterocycles. The highest BCUT2D eigenvalue weighted by Crippen LogP contribution is 2.35. The van der Waals surface area contributed by atoms with Crippen LogP contribution in [0.3, 0.4) is 0 Å². The molecule has 0 amide bonds. The van der Waals surface area contributed by atoms with E-state index in [2.05, 4.69) is 21.6 Å². The number of hydrogen-bond acceptors (Lipinski definition) is 3. The summed E-state index contributed by atoms with van der Waals surface area (Å²) in [5.41, 5.74) is 1.14. The maximum atomic E-state index is 5.71. The molecule has 5 nitrogen and oxygen atoms in total. The van der Waals surface area contributed by atoms with E-state index in [1.54, 1.807) is 6.20 Å². The average molecular weight is 232 g/mol. The molecule has 1 aliphatic carbocycles. The molecule has 2 heterocycles. The molecule has 0 bridgehead atoms. The Bertz CT molecular complexity index is 498. The van der Waals surface area contributed by atoms with Gasteiger partial charge in [-0.15, -0.1) is 0 Å². The summed E-state index contributed by atoms with van der Waals surface area (Å²) in [6.45, 7) is 3.48. The first-order valence-electron chi connectivity index (χ1n) is 6.03. The summed E-state index contributed by atoms with van der Waals surface area (Å²) in [5.74, 6) is 0.815. The summed E-state index contributed by atoms with van der Waals surface area (Å²) in [6, 6.07) is 0.648. The summed E-state index contributed by atoms with van der Waals surface area (Å²) in [5, 5.41) is 4.17. The van der Waals surface area contributed by atoms with E-state index in [1.807, 2.05) is 23.4 Å². The van der Waals surface area contributed by atoms with E-state index >= 15 is 0 Å². The zero-order chi connectivity index (χ0) is 11.7. The molecule has 2 aromatic heterocycles. The molecule has 0 unspecified atom stereocenters. The minimum atomic E-state index is 0.561. The van der Waals surface area contributed by atoms with Crippen molar-refractivity contribution in [2.75, 3.05) is 0 Å². The molecule has 1 aliphatic rings. The SMILES string of the molecule is CCn1cc(OCc2cncn2C2CC2)cn1. The Hall–Kier alpha value is -1.78. The maximum Gasteiger partial charge on any atom is 0.157 e. The second-order valence-corrected chi connectivity index (χ2v) is 4.34. The smallest absolute Gasteiger partial charge is 0.157 e. The highest BCUT2D eigenvalue weighted by atomic mass is 16.5. The lowest BCUT2D eigenvalue weighted by atomic mass is 10.4. The lowest BCUT2D eigenvalue weighted by molar-refractivity contribution is 0.294. The van der Waals surface area contributed by atoms with Crippen LogP contribution in [0, 0.1) is 0 Å². The quantitative estimate of drug-likeness (QED) is 0.792. The Balaban J connectivity index is 1.64. The molecule has 0 spiro atoms. The van der Waals surface area contributed by atoms with Gasteiger partial charge in [0.1, 0.15) is 6.61 Å². The van der Waals surface area contributed by atoms with Crippen molar-refractivity contribution < 1.29 is 4.74 Å². The summed E-state index contributed by atoms with van der Waals surface area (Å²) in [6.07, 6.45) is 9.96. The third kappa shape index (κ3) is 2.18. The maximum absolute atomic E-state index is 5.71. The van der Waals surface area contributed by atoms with Crippen molar-refractivity contribution >= 4 is 0 Å². The lowest BCUT2D eigenvalue weighted by Crippen LogP contribution is -2.03. The Morgan fingerprint density at radius 3 is 3.00 bits per heavy atom. The van der Waals surface area contributed by atoms with E-state index in [9.17, 15) is 0 Å². The van der Waals surface area contributed by atoms with Crippen LogP contribution in [-0.4, -0.2) is 19.3 Å². The number of aryl methyl sites for hydroxylation is 1. The molecule has 3 rings (SSSR count). The molecule has 0 radical (unpaired) electrons. The van der Waals surface area contributed by atoms with Crippen molar-refractivity contribution in [1.29, 1.82) is 0 Å². The highest BCUT2D eigenvalue weighted by molar-refractivity contribution is 5.13. The van der Waals surface area contributed by atoms with Crippen molar-refractivity contribution in [3.8, 4) is 5.75 Å². The lowest BCUT2D eigenvalue weighted by Gasteiger charge is -2.06. The van der Waals surface area contributed by atoms with Crippen LogP contribution in [-0.2, 0) is 13.2 Å². The van der Waals surface area contributed by atoms with E-state index in [4.69, 9.17) is 4.74 Å². The predicted octanol–water partition coefficient (Wildman–Crippen LogP) is 2.01. The summed E-state index contributed by atoms with van der Waals surface area (Å²) in [4.78, 5) is 4.18. The average Bonchev–Trinajstić information content (AvgIpc) is 2.93. The largest absolute Gasteiger partial charge is 0.484 e. The molecule has 90 valence electrons. The number of imidazole rings is 1. The van der Waals surface area contributed by atoms with E-state index in [-0.39, 0.29) is 0 Å². The first kappa shape index (κ1) is 10.4. The van der Waals surface area contributed by atoms with Crippen molar-refractivity contribution in [1.82, 2.24) is 19.3 Å². The second-order valence-electron chi connectivity index (χ2n) is 4.34.